The van der Waals surface area contributed by atoms with Crippen LogP contribution < -0.4 is 0 Å². The van der Waals surface area contributed by atoms with Crippen molar-refractivity contribution in [2.24, 2.45) is 5.10 Å². The molecule has 0 unspecified atom stereocenters. The van der Waals surface area contributed by atoms with Crippen molar-refractivity contribution < 1.29 is 42.3 Å². The molecule has 1 aromatic rings. The van der Waals surface area contributed by atoms with Crippen molar-refractivity contribution in [1.29, 1.82) is 0 Å². The van der Waals surface area contributed by atoms with Gasteiger partial charge in [-0.2, -0.15) is 0 Å². The van der Waals surface area contributed by atoms with E-state index in [9.17, 15) is 4.39 Å². The van der Waals surface area contributed by atoms with E-state index in [0.29, 0.717) is 11.4 Å². The molecule has 3 nitrogen and oxygen atoms in total. The SMILES string of the molecule is ON1N=C1c1ccc(F)cc1.[CH3-].[Y]. The fourth-order valence-electron chi connectivity index (χ4n) is 0.840. The van der Waals surface area contributed by atoms with Crippen LogP contribution in [0, 0.1) is 13.2 Å². The molecule has 1 aliphatic heterocycles. The zero-order valence-corrected chi connectivity index (χ0v) is 9.94. The van der Waals surface area contributed by atoms with E-state index in [1.54, 1.807) is 12.1 Å². The third-order valence-electron chi connectivity index (χ3n) is 1.44. The Kier molecular flexibility index (Phi) is 4.67. The molecule has 0 saturated heterocycles. The summed E-state index contributed by atoms with van der Waals surface area (Å²) in [6.07, 6.45) is 0. The molecule has 1 N–H and O–H groups in total. The number of hydroxylamine groups is 1. The Morgan fingerprint density at radius 2 is 1.69 bits per heavy atom. The quantitative estimate of drug-likeness (QED) is 0.775. The molecule has 13 heavy (non-hydrogen) atoms. The second kappa shape index (κ2) is 4.79. The van der Waals surface area contributed by atoms with E-state index in [1.807, 2.05) is 0 Å². The summed E-state index contributed by atoms with van der Waals surface area (Å²) in [6.45, 7) is 0. The van der Waals surface area contributed by atoms with Crippen LogP contribution in [0.3, 0.4) is 0 Å². The second-order valence-electron chi connectivity index (χ2n) is 2.22. The van der Waals surface area contributed by atoms with E-state index in [-0.39, 0.29) is 46.0 Å². The van der Waals surface area contributed by atoms with Gasteiger partial charge in [0.1, 0.15) is 5.82 Å². The van der Waals surface area contributed by atoms with Gasteiger partial charge in [-0.1, -0.05) is 0 Å². The number of hydrogen-bond donors (Lipinski definition) is 1. The van der Waals surface area contributed by atoms with Gasteiger partial charge in [-0.25, -0.2) is 4.39 Å². The van der Waals surface area contributed by atoms with Crippen molar-refractivity contribution >= 4 is 5.84 Å². The van der Waals surface area contributed by atoms with Crippen molar-refractivity contribution in [1.82, 2.24) is 5.17 Å². The molecule has 0 fully saturated rings. The predicted octanol–water partition coefficient (Wildman–Crippen LogP) is 1.64. The van der Waals surface area contributed by atoms with Crippen LogP contribution in [0.2, 0.25) is 0 Å². The largest absolute Gasteiger partial charge is 0.358 e. The van der Waals surface area contributed by atoms with E-state index in [2.05, 4.69) is 5.10 Å². The van der Waals surface area contributed by atoms with Gasteiger partial charge in [0.05, 0.1) is 0 Å². The van der Waals surface area contributed by atoms with Crippen molar-refractivity contribution in [2.45, 2.75) is 0 Å². The molecule has 1 aromatic carbocycles. The zero-order chi connectivity index (χ0) is 7.84. The summed E-state index contributed by atoms with van der Waals surface area (Å²) >= 11 is 0. The van der Waals surface area contributed by atoms with Crippen LogP contribution in [0.25, 0.3) is 0 Å². The summed E-state index contributed by atoms with van der Waals surface area (Å²) in [6, 6.07) is 5.77. The minimum Gasteiger partial charge on any atom is -0.358 e. The number of benzene rings is 1. The van der Waals surface area contributed by atoms with Gasteiger partial charge in [0.15, 0.2) is 0 Å². The summed E-state index contributed by atoms with van der Waals surface area (Å²) in [5.74, 6) is 0.185. The van der Waals surface area contributed by atoms with E-state index in [0.717, 1.165) is 5.17 Å². The van der Waals surface area contributed by atoms with Crippen molar-refractivity contribution in [3.63, 3.8) is 0 Å². The number of rotatable bonds is 1. The van der Waals surface area contributed by atoms with E-state index >= 15 is 0 Å². The molecule has 0 bridgehead atoms. The standard InChI is InChI=1S/C7H5FN2O.CH3.Y/c8-6-3-1-5(2-4-6)7-9-10(7)11;;/h1-4,11H;1H3;/q;-1;. The van der Waals surface area contributed by atoms with Gasteiger partial charge in [0.2, 0.25) is 5.84 Å². The molecular weight excluding hydrogens is 248 g/mol. The van der Waals surface area contributed by atoms with Gasteiger partial charge in [0.25, 0.3) is 0 Å². The van der Waals surface area contributed by atoms with Crippen molar-refractivity contribution in [2.75, 3.05) is 0 Å². The van der Waals surface area contributed by atoms with E-state index < -0.39 is 0 Å². The van der Waals surface area contributed by atoms with E-state index in [1.165, 1.54) is 12.1 Å². The van der Waals surface area contributed by atoms with Gasteiger partial charge in [-0.05, 0) is 24.3 Å². The number of hydrogen-bond acceptors (Lipinski definition) is 3. The van der Waals surface area contributed by atoms with E-state index in [4.69, 9.17) is 5.21 Å². The average molecular weight is 256 g/mol. The third kappa shape index (κ3) is 2.83. The zero-order valence-electron chi connectivity index (χ0n) is 7.11. The molecule has 5 heteroatoms. The number of amidine groups is 1. The molecule has 0 amide bonds. The molecule has 1 radical (unpaired) electrons. The smallest absolute Gasteiger partial charge is 0.208 e. The maximum absolute atomic E-state index is 12.4. The van der Waals surface area contributed by atoms with Crippen LogP contribution in [-0.4, -0.2) is 16.2 Å². The summed E-state index contributed by atoms with van der Waals surface area (Å²) in [7, 11) is 0. The van der Waals surface area contributed by atoms with Gasteiger partial charge < -0.3 is 7.43 Å². The predicted molar refractivity (Wildman–Crippen MR) is 43.0 cm³/mol. The summed E-state index contributed by atoms with van der Waals surface area (Å²) in [4.78, 5) is 0. The fourth-order valence-corrected chi connectivity index (χ4v) is 0.840. The molecule has 2 rings (SSSR count). The van der Waals surface area contributed by atoms with Crippen molar-refractivity contribution in [3.8, 4) is 0 Å². The number of hydrazone groups is 1. The third-order valence-corrected chi connectivity index (χ3v) is 1.44. The molecule has 0 aliphatic carbocycles. The van der Waals surface area contributed by atoms with Crippen molar-refractivity contribution in [3.05, 3.63) is 43.1 Å². The van der Waals surface area contributed by atoms with Gasteiger partial charge >= 0.3 is 0 Å². The first kappa shape index (κ1) is 12.7. The molecule has 0 aromatic heterocycles. The first-order chi connectivity index (χ1) is 5.27. The topological polar surface area (TPSA) is 35.6 Å². The molecule has 67 valence electrons. The monoisotopic (exact) mass is 256 g/mol. The first-order valence-corrected chi connectivity index (χ1v) is 3.11. The fraction of sp³-hybridized carbons (Fsp3) is 0. The molecule has 0 atom stereocenters. The molecule has 0 spiro atoms. The minimum atomic E-state index is -0.292. The normalized spacial score (nSPS) is 12.5. The number of nitrogens with zero attached hydrogens (tertiary/aromatic N) is 2. The Hall–Kier alpha value is -0.316. The number of halogens is 1. The van der Waals surface area contributed by atoms with Crippen LogP contribution in [0.1, 0.15) is 5.56 Å². The Bertz CT molecular complexity index is 312. The van der Waals surface area contributed by atoms with Crippen LogP contribution in [-0.2, 0) is 32.7 Å². The maximum atomic E-state index is 12.4. The Labute approximate surface area is 101 Å². The van der Waals surface area contributed by atoms with Crippen LogP contribution in [0.15, 0.2) is 29.4 Å². The van der Waals surface area contributed by atoms with Crippen LogP contribution in [0.5, 0.6) is 0 Å². The summed E-state index contributed by atoms with van der Waals surface area (Å²) < 4.78 is 12.4. The van der Waals surface area contributed by atoms with Crippen LogP contribution in [0.4, 0.5) is 4.39 Å². The van der Waals surface area contributed by atoms with Gasteiger partial charge in [0, 0.05) is 38.3 Å². The second-order valence-corrected chi connectivity index (χ2v) is 2.22. The minimum absolute atomic E-state index is 0. The Balaban J connectivity index is 0.000000720. The molecular formula is C8H8FN2OY-. The van der Waals surface area contributed by atoms with Crippen LogP contribution >= 0.6 is 0 Å². The summed E-state index contributed by atoms with van der Waals surface area (Å²) in [5, 5.41) is 13.0. The average Bonchev–Trinajstić information content (AvgIpc) is 2.69. The first-order valence-electron chi connectivity index (χ1n) is 3.11. The molecule has 1 heterocycles. The molecule has 0 saturated carbocycles. The van der Waals surface area contributed by atoms with Gasteiger partial charge in [-0.3, -0.25) is 5.21 Å². The van der Waals surface area contributed by atoms with Gasteiger partial charge in [-0.15, -0.1) is 10.3 Å². The molecule has 1 aliphatic rings. The summed E-state index contributed by atoms with van der Waals surface area (Å²) in [5.41, 5.74) is 0.717. The maximum Gasteiger partial charge on any atom is 0.208 e. The Morgan fingerprint density at radius 1 is 1.23 bits per heavy atom. The Morgan fingerprint density at radius 3 is 2.08 bits per heavy atom.